The highest BCUT2D eigenvalue weighted by molar-refractivity contribution is 8.01. The second-order valence-corrected chi connectivity index (χ2v) is 6.70. The largest absolute Gasteiger partial charge is 0.482 e. The lowest BCUT2D eigenvalue weighted by Crippen LogP contribution is -2.26. The normalized spacial score (nSPS) is 18.4. The molecule has 0 aliphatic carbocycles. The third-order valence-corrected chi connectivity index (χ3v) is 5.14. The molecule has 0 fully saturated rings. The zero-order valence-corrected chi connectivity index (χ0v) is 13.0. The van der Waals surface area contributed by atoms with Crippen LogP contribution in [0.25, 0.3) is 0 Å². The van der Waals surface area contributed by atoms with Gasteiger partial charge in [0.05, 0.1) is 10.9 Å². The summed E-state index contributed by atoms with van der Waals surface area (Å²) in [6.45, 7) is 0.0235. The van der Waals surface area contributed by atoms with E-state index in [0.717, 1.165) is 6.42 Å². The van der Waals surface area contributed by atoms with Crippen molar-refractivity contribution in [2.24, 2.45) is 0 Å². The van der Waals surface area contributed by atoms with Crippen LogP contribution in [0, 0.1) is 0 Å². The zero-order chi connectivity index (χ0) is 15.8. The molecule has 5 nitrogen and oxygen atoms in total. The fourth-order valence-electron chi connectivity index (χ4n) is 2.71. The molecule has 2 aliphatic heterocycles. The number of nitrogens with one attached hydrogen (secondary N) is 2. The second kappa shape index (κ2) is 5.62. The molecule has 2 aliphatic rings. The van der Waals surface area contributed by atoms with E-state index in [0.29, 0.717) is 17.1 Å². The van der Waals surface area contributed by atoms with Crippen molar-refractivity contribution in [1.82, 2.24) is 0 Å². The first kappa shape index (κ1) is 14.1. The molecule has 116 valence electrons. The lowest BCUT2D eigenvalue weighted by Gasteiger charge is -2.19. The molecule has 1 unspecified atom stereocenters. The maximum atomic E-state index is 12.5. The lowest BCUT2D eigenvalue weighted by molar-refractivity contribution is -0.118. The minimum atomic E-state index is -0.192. The minimum Gasteiger partial charge on any atom is -0.482 e. The average molecular weight is 326 g/mol. The van der Waals surface area contributed by atoms with Crippen molar-refractivity contribution >= 4 is 35.0 Å². The van der Waals surface area contributed by atoms with Gasteiger partial charge in [-0.15, -0.1) is 11.8 Å². The third kappa shape index (κ3) is 2.77. The SMILES string of the molecule is O=C1COc2ccc(NC(=O)C3Cc4ccccc4S3)cc2N1. The first-order valence-electron chi connectivity index (χ1n) is 7.31. The van der Waals surface area contributed by atoms with Gasteiger partial charge in [-0.05, 0) is 36.2 Å². The Morgan fingerprint density at radius 2 is 2.13 bits per heavy atom. The Morgan fingerprint density at radius 1 is 1.26 bits per heavy atom. The van der Waals surface area contributed by atoms with Crippen LogP contribution in [-0.4, -0.2) is 23.7 Å². The summed E-state index contributed by atoms with van der Waals surface area (Å²) in [5, 5.41) is 5.52. The highest BCUT2D eigenvalue weighted by atomic mass is 32.2. The van der Waals surface area contributed by atoms with Gasteiger partial charge in [-0.25, -0.2) is 0 Å². The Balaban J connectivity index is 1.48. The monoisotopic (exact) mass is 326 g/mol. The summed E-state index contributed by atoms with van der Waals surface area (Å²) in [6.07, 6.45) is 0.734. The first-order valence-corrected chi connectivity index (χ1v) is 8.19. The number of anilines is 2. The van der Waals surface area contributed by atoms with Crippen molar-refractivity contribution in [1.29, 1.82) is 0 Å². The molecule has 2 aromatic carbocycles. The molecular formula is C17H14N2O3S. The quantitative estimate of drug-likeness (QED) is 0.890. The average Bonchev–Trinajstić information content (AvgIpc) is 2.98. The number of hydrogen-bond donors (Lipinski definition) is 2. The molecule has 1 atom stereocenters. The summed E-state index contributed by atoms with van der Waals surface area (Å²) >= 11 is 1.59. The van der Waals surface area contributed by atoms with E-state index in [9.17, 15) is 9.59 Å². The van der Waals surface area contributed by atoms with Crippen LogP contribution in [0.3, 0.4) is 0 Å². The van der Waals surface area contributed by atoms with E-state index >= 15 is 0 Å². The maximum Gasteiger partial charge on any atom is 0.262 e. The maximum absolute atomic E-state index is 12.5. The molecule has 2 aromatic rings. The predicted molar refractivity (Wildman–Crippen MR) is 89.0 cm³/mol. The van der Waals surface area contributed by atoms with E-state index < -0.39 is 0 Å². The number of thioether (sulfide) groups is 1. The van der Waals surface area contributed by atoms with Crippen LogP contribution in [0.4, 0.5) is 11.4 Å². The van der Waals surface area contributed by atoms with E-state index in [-0.39, 0.29) is 23.7 Å². The summed E-state index contributed by atoms with van der Waals surface area (Å²) in [4.78, 5) is 25.0. The van der Waals surface area contributed by atoms with Crippen LogP contribution in [0.5, 0.6) is 5.75 Å². The van der Waals surface area contributed by atoms with Gasteiger partial charge < -0.3 is 15.4 Å². The van der Waals surface area contributed by atoms with E-state index in [2.05, 4.69) is 16.7 Å². The van der Waals surface area contributed by atoms with Crippen molar-refractivity contribution in [3.63, 3.8) is 0 Å². The van der Waals surface area contributed by atoms with Crippen LogP contribution in [0.1, 0.15) is 5.56 Å². The Kier molecular flexibility index (Phi) is 3.46. The van der Waals surface area contributed by atoms with Crippen LogP contribution in [0.15, 0.2) is 47.4 Å². The Hall–Kier alpha value is -2.47. The fourth-order valence-corrected chi connectivity index (χ4v) is 3.91. The van der Waals surface area contributed by atoms with E-state index in [1.807, 2.05) is 18.2 Å². The van der Waals surface area contributed by atoms with Gasteiger partial charge in [0, 0.05) is 10.6 Å². The summed E-state index contributed by atoms with van der Waals surface area (Å²) < 4.78 is 5.31. The number of carbonyl (C=O) groups is 2. The smallest absolute Gasteiger partial charge is 0.262 e. The van der Waals surface area contributed by atoms with Crippen molar-refractivity contribution in [3.8, 4) is 5.75 Å². The number of hydrogen-bond acceptors (Lipinski definition) is 4. The van der Waals surface area contributed by atoms with Crippen molar-refractivity contribution in [2.75, 3.05) is 17.2 Å². The molecule has 0 spiro atoms. The molecule has 0 radical (unpaired) electrons. The first-order chi connectivity index (χ1) is 11.2. The Bertz CT molecular complexity index is 781. The fraction of sp³-hybridized carbons (Fsp3) is 0.176. The molecule has 2 amide bonds. The minimum absolute atomic E-state index is 0.0235. The standard InChI is InChI=1S/C17H14N2O3S/c20-16-9-22-13-6-5-11(8-12(13)19-16)18-17(21)15-7-10-3-1-2-4-14(10)23-15/h1-6,8,15H,7,9H2,(H,18,21)(H,19,20). The summed E-state index contributed by atoms with van der Waals surface area (Å²) in [5.41, 5.74) is 2.45. The summed E-state index contributed by atoms with van der Waals surface area (Å²) in [7, 11) is 0. The van der Waals surface area contributed by atoms with Crippen LogP contribution in [-0.2, 0) is 16.0 Å². The Labute approximate surface area is 137 Å². The van der Waals surface area contributed by atoms with Gasteiger partial charge in [-0.2, -0.15) is 0 Å². The number of carbonyl (C=O) groups excluding carboxylic acids is 2. The molecule has 2 heterocycles. The van der Waals surface area contributed by atoms with Crippen LogP contribution >= 0.6 is 11.8 Å². The van der Waals surface area contributed by atoms with E-state index in [1.54, 1.807) is 30.0 Å². The number of amides is 2. The number of ether oxygens (including phenoxy) is 1. The molecule has 0 bridgehead atoms. The predicted octanol–water partition coefficient (Wildman–Crippen LogP) is 2.67. The molecule has 6 heteroatoms. The summed E-state index contributed by atoms with van der Waals surface area (Å²) in [6, 6.07) is 13.3. The topological polar surface area (TPSA) is 67.4 Å². The van der Waals surface area contributed by atoms with Crippen molar-refractivity contribution in [2.45, 2.75) is 16.6 Å². The zero-order valence-electron chi connectivity index (χ0n) is 12.2. The van der Waals surface area contributed by atoms with Gasteiger partial charge in [0.15, 0.2) is 6.61 Å². The molecule has 0 saturated carbocycles. The summed E-state index contributed by atoms with van der Waals surface area (Å²) in [5.74, 6) is 0.391. The van der Waals surface area contributed by atoms with E-state index in [1.165, 1.54) is 10.5 Å². The van der Waals surface area contributed by atoms with Crippen LogP contribution in [0.2, 0.25) is 0 Å². The number of fused-ring (bicyclic) bond motifs is 2. The molecule has 23 heavy (non-hydrogen) atoms. The highest BCUT2D eigenvalue weighted by Crippen LogP contribution is 2.37. The molecule has 4 rings (SSSR count). The lowest BCUT2D eigenvalue weighted by atomic mass is 10.1. The molecule has 0 aromatic heterocycles. The van der Waals surface area contributed by atoms with Gasteiger partial charge >= 0.3 is 0 Å². The Morgan fingerprint density at radius 3 is 3.00 bits per heavy atom. The highest BCUT2D eigenvalue weighted by Gasteiger charge is 2.28. The van der Waals surface area contributed by atoms with Gasteiger partial charge in [0.25, 0.3) is 5.91 Å². The van der Waals surface area contributed by atoms with Crippen molar-refractivity contribution < 1.29 is 14.3 Å². The molecule has 0 saturated heterocycles. The van der Waals surface area contributed by atoms with Crippen LogP contribution < -0.4 is 15.4 Å². The van der Waals surface area contributed by atoms with Gasteiger partial charge in [-0.3, -0.25) is 9.59 Å². The third-order valence-electron chi connectivity index (χ3n) is 3.82. The molecular weight excluding hydrogens is 312 g/mol. The van der Waals surface area contributed by atoms with E-state index in [4.69, 9.17) is 4.74 Å². The van der Waals surface area contributed by atoms with Gasteiger partial charge in [0.1, 0.15) is 5.75 Å². The van der Waals surface area contributed by atoms with Gasteiger partial charge in [-0.1, -0.05) is 18.2 Å². The molecule has 2 N–H and O–H groups in total. The second-order valence-electron chi connectivity index (χ2n) is 5.46. The number of rotatable bonds is 2. The van der Waals surface area contributed by atoms with Gasteiger partial charge in [0.2, 0.25) is 5.91 Å². The number of benzene rings is 2. The van der Waals surface area contributed by atoms with Crippen molar-refractivity contribution in [3.05, 3.63) is 48.0 Å².